The van der Waals surface area contributed by atoms with Crippen molar-refractivity contribution >= 4 is 40.1 Å². The first-order valence-corrected chi connectivity index (χ1v) is 7.98. The summed E-state index contributed by atoms with van der Waals surface area (Å²) in [6.45, 7) is 2.28. The monoisotopic (exact) mass is 325 g/mol. The lowest BCUT2D eigenvalue weighted by Crippen LogP contribution is -2.18. The number of ether oxygens (including phenoxy) is 1. The van der Waals surface area contributed by atoms with Crippen LogP contribution in [0.4, 0.5) is 0 Å². The molecule has 21 heavy (non-hydrogen) atoms. The minimum Gasteiger partial charge on any atom is -0.466 e. The number of aryl methyl sites for hydroxylation is 1. The van der Waals surface area contributed by atoms with Crippen molar-refractivity contribution in [1.82, 2.24) is 4.98 Å². The van der Waals surface area contributed by atoms with Gasteiger partial charge in [0.25, 0.3) is 0 Å². The molecule has 1 aromatic carbocycles. The first-order chi connectivity index (χ1) is 10.1. The molecular weight excluding hydrogens is 309 g/mol. The number of esters is 1. The lowest BCUT2D eigenvalue weighted by molar-refractivity contribution is -0.144. The van der Waals surface area contributed by atoms with Crippen LogP contribution in [0.2, 0.25) is 10.0 Å². The number of carbonyl (C=O) groups excluding carboxylic acids is 1. The third kappa shape index (κ3) is 2.90. The summed E-state index contributed by atoms with van der Waals surface area (Å²) >= 11 is 12.2. The molecule has 1 unspecified atom stereocenters. The van der Waals surface area contributed by atoms with Gasteiger partial charge in [-0.15, -0.1) is 0 Å². The number of hydrogen-bond acceptors (Lipinski definition) is 2. The van der Waals surface area contributed by atoms with Gasteiger partial charge in [-0.25, -0.2) is 0 Å². The van der Waals surface area contributed by atoms with Gasteiger partial charge in [0.15, 0.2) is 0 Å². The number of halogens is 2. The number of benzene rings is 1. The van der Waals surface area contributed by atoms with Crippen LogP contribution >= 0.6 is 23.2 Å². The van der Waals surface area contributed by atoms with E-state index in [1.165, 1.54) is 11.3 Å². The summed E-state index contributed by atoms with van der Waals surface area (Å²) in [4.78, 5) is 15.0. The van der Waals surface area contributed by atoms with E-state index >= 15 is 0 Å². The highest BCUT2D eigenvalue weighted by atomic mass is 35.5. The molecule has 0 saturated carbocycles. The predicted molar refractivity (Wildman–Crippen MR) is 85.1 cm³/mol. The Morgan fingerprint density at radius 1 is 1.38 bits per heavy atom. The Balaban J connectivity index is 1.85. The van der Waals surface area contributed by atoms with Crippen molar-refractivity contribution in [2.24, 2.45) is 5.92 Å². The number of hydrogen-bond donors (Lipinski definition) is 1. The number of nitrogens with one attached hydrogen (secondary N) is 1. The van der Waals surface area contributed by atoms with Crippen LogP contribution < -0.4 is 0 Å². The molecule has 1 heterocycles. The van der Waals surface area contributed by atoms with Crippen molar-refractivity contribution in [2.75, 3.05) is 6.61 Å². The maximum atomic E-state index is 11.6. The molecule has 3 rings (SSSR count). The van der Waals surface area contributed by atoms with Crippen LogP contribution in [-0.4, -0.2) is 17.6 Å². The fourth-order valence-electron chi connectivity index (χ4n) is 3.13. The van der Waals surface area contributed by atoms with Gasteiger partial charge in [0.1, 0.15) is 0 Å². The van der Waals surface area contributed by atoms with E-state index in [9.17, 15) is 4.79 Å². The van der Waals surface area contributed by atoms with Gasteiger partial charge in [0, 0.05) is 23.0 Å². The maximum Gasteiger partial charge on any atom is 0.306 e. The van der Waals surface area contributed by atoms with Crippen molar-refractivity contribution in [3.63, 3.8) is 0 Å². The first kappa shape index (κ1) is 14.7. The van der Waals surface area contributed by atoms with E-state index < -0.39 is 0 Å². The van der Waals surface area contributed by atoms with Crippen LogP contribution in [-0.2, 0) is 22.4 Å². The van der Waals surface area contributed by atoms with Crippen LogP contribution in [0, 0.1) is 5.92 Å². The number of carbonyl (C=O) groups is 1. The van der Waals surface area contributed by atoms with Crippen molar-refractivity contribution in [2.45, 2.75) is 32.6 Å². The molecular formula is C16H17Cl2NO2. The zero-order valence-corrected chi connectivity index (χ0v) is 13.4. The smallest absolute Gasteiger partial charge is 0.306 e. The molecule has 1 aliphatic rings. The molecule has 1 aromatic heterocycles. The van der Waals surface area contributed by atoms with E-state index in [4.69, 9.17) is 27.9 Å². The highest BCUT2D eigenvalue weighted by Crippen LogP contribution is 2.36. The molecule has 1 atom stereocenters. The molecule has 0 spiro atoms. The van der Waals surface area contributed by atoms with Gasteiger partial charge in [0.05, 0.1) is 16.7 Å². The number of fused-ring (bicyclic) bond motifs is 3. The van der Waals surface area contributed by atoms with Crippen LogP contribution in [0.15, 0.2) is 12.1 Å². The van der Waals surface area contributed by atoms with Crippen molar-refractivity contribution in [1.29, 1.82) is 0 Å². The van der Waals surface area contributed by atoms with Gasteiger partial charge < -0.3 is 9.72 Å². The summed E-state index contributed by atoms with van der Waals surface area (Å²) in [5, 5.41) is 2.29. The van der Waals surface area contributed by atoms with E-state index in [1.54, 1.807) is 0 Å². The number of aromatic amines is 1. The molecule has 112 valence electrons. The second-order valence-electron chi connectivity index (χ2n) is 5.51. The van der Waals surface area contributed by atoms with Crippen LogP contribution in [0.5, 0.6) is 0 Å². The molecule has 3 nitrogen and oxygen atoms in total. The lowest BCUT2D eigenvalue weighted by Gasteiger charge is -2.21. The minimum absolute atomic E-state index is 0.104. The van der Waals surface area contributed by atoms with Gasteiger partial charge in [-0.1, -0.05) is 23.2 Å². The fourth-order valence-corrected chi connectivity index (χ4v) is 3.46. The first-order valence-electron chi connectivity index (χ1n) is 7.22. The second-order valence-corrected chi connectivity index (χ2v) is 6.33. The maximum absolute atomic E-state index is 11.6. The molecule has 0 saturated heterocycles. The van der Waals surface area contributed by atoms with Gasteiger partial charge in [-0.3, -0.25) is 4.79 Å². The zero-order chi connectivity index (χ0) is 15.0. The SMILES string of the molecule is CCOC(=O)CC1CCc2c([nH]c3cc(Cl)c(Cl)cc23)C1. The Kier molecular flexibility index (Phi) is 4.14. The second kappa shape index (κ2) is 5.90. The Morgan fingerprint density at radius 2 is 2.14 bits per heavy atom. The average molecular weight is 326 g/mol. The molecule has 2 aromatic rings. The van der Waals surface area contributed by atoms with Gasteiger partial charge in [-0.2, -0.15) is 0 Å². The number of rotatable bonds is 3. The predicted octanol–water partition coefficient (Wildman–Crippen LogP) is 4.53. The van der Waals surface area contributed by atoms with E-state index in [1.807, 2.05) is 19.1 Å². The van der Waals surface area contributed by atoms with Gasteiger partial charge >= 0.3 is 5.97 Å². The summed E-state index contributed by atoms with van der Waals surface area (Å²) in [5.41, 5.74) is 3.53. The summed E-state index contributed by atoms with van der Waals surface area (Å²) in [7, 11) is 0. The summed E-state index contributed by atoms with van der Waals surface area (Å²) in [6, 6.07) is 3.80. The highest BCUT2D eigenvalue weighted by molar-refractivity contribution is 6.42. The molecule has 0 aliphatic heterocycles. The topological polar surface area (TPSA) is 42.1 Å². The third-order valence-electron chi connectivity index (χ3n) is 4.09. The minimum atomic E-state index is -0.104. The Hall–Kier alpha value is -1.19. The van der Waals surface area contributed by atoms with Crippen molar-refractivity contribution < 1.29 is 9.53 Å². The quantitative estimate of drug-likeness (QED) is 0.842. The Bertz CT molecular complexity index is 693. The van der Waals surface area contributed by atoms with Gasteiger partial charge in [-0.05, 0) is 49.8 Å². The van der Waals surface area contributed by atoms with Crippen molar-refractivity contribution in [3.8, 4) is 0 Å². The summed E-state index contributed by atoms with van der Waals surface area (Å²) in [5.74, 6) is 0.240. The normalized spacial score (nSPS) is 17.8. The molecule has 1 aliphatic carbocycles. The van der Waals surface area contributed by atoms with E-state index in [-0.39, 0.29) is 5.97 Å². The Morgan fingerprint density at radius 3 is 2.90 bits per heavy atom. The largest absolute Gasteiger partial charge is 0.466 e. The fraction of sp³-hybridized carbons (Fsp3) is 0.438. The van der Waals surface area contributed by atoms with Crippen molar-refractivity contribution in [3.05, 3.63) is 33.4 Å². The molecule has 0 radical (unpaired) electrons. The highest BCUT2D eigenvalue weighted by Gasteiger charge is 2.25. The lowest BCUT2D eigenvalue weighted by atomic mass is 9.85. The Labute approximate surface area is 133 Å². The number of aromatic nitrogens is 1. The molecule has 5 heteroatoms. The van der Waals surface area contributed by atoms with Crippen LogP contribution in [0.25, 0.3) is 10.9 Å². The molecule has 0 bridgehead atoms. The van der Waals surface area contributed by atoms with Gasteiger partial charge in [0.2, 0.25) is 0 Å². The van der Waals surface area contributed by atoms with E-state index in [2.05, 4.69) is 4.98 Å². The number of H-pyrrole nitrogens is 1. The molecule has 0 fully saturated rings. The van der Waals surface area contributed by atoms with E-state index in [0.29, 0.717) is 29.0 Å². The molecule has 1 N–H and O–H groups in total. The average Bonchev–Trinajstić information content (AvgIpc) is 2.76. The molecule has 0 amide bonds. The standard InChI is InChI=1S/C16H17Cl2NO2/c1-2-21-16(20)6-9-3-4-10-11-7-12(17)13(18)8-15(11)19-14(10)5-9/h7-9,19H,2-6H2,1H3. The van der Waals surface area contributed by atoms with Crippen LogP contribution in [0.1, 0.15) is 31.0 Å². The van der Waals surface area contributed by atoms with E-state index in [0.717, 1.165) is 30.2 Å². The van der Waals surface area contributed by atoms with Crippen LogP contribution in [0.3, 0.4) is 0 Å². The zero-order valence-electron chi connectivity index (χ0n) is 11.8. The third-order valence-corrected chi connectivity index (χ3v) is 4.81. The summed E-state index contributed by atoms with van der Waals surface area (Å²) < 4.78 is 5.04. The summed E-state index contributed by atoms with van der Waals surface area (Å²) in [6.07, 6.45) is 3.32.